The smallest absolute Gasteiger partial charge is 0.337 e. The lowest BCUT2D eigenvalue weighted by Gasteiger charge is -2.16. The molecule has 0 saturated heterocycles. The molecule has 0 aliphatic heterocycles. The van der Waals surface area contributed by atoms with Crippen LogP contribution in [0, 0.1) is 0 Å². The van der Waals surface area contributed by atoms with Gasteiger partial charge < -0.3 is 9.47 Å². The minimum absolute atomic E-state index is 0.107. The maximum Gasteiger partial charge on any atom is 0.337 e. The SMILES string of the molecule is CCCCSc1cc(C(=O)OC)cc(S(N)(=O)=O)c1Oc1ccccc1. The first kappa shape index (κ1) is 20.3. The highest BCUT2D eigenvalue weighted by atomic mass is 32.2. The molecule has 140 valence electrons. The Hall–Kier alpha value is -2.03. The van der Waals surface area contributed by atoms with E-state index >= 15 is 0 Å². The summed E-state index contributed by atoms with van der Waals surface area (Å²) in [6, 6.07) is 11.5. The molecule has 0 spiro atoms. The van der Waals surface area contributed by atoms with Gasteiger partial charge in [0.1, 0.15) is 10.6 Å². The van der Waals surface area contributed by atoms with Crippen LogP contribution in [0.4, 0.5) is 0 Å². The van der Waals surface area contributed by atoms with Crippen LogP contribution < -0.4 is 9.88 Å². The Kier molecular flexibility index (Phi) is 7.07. The number of rotatable bonds is 8. The van der Waals surface area contributed by atoms with E-state index in [2.05, 4.69) is 6.92 Å². The predicted molar refractivity (Wildman–Crippen MR) is 101 cm³/mol. The maximum absolute atomic E-state index is 12.1. The van der Waals surface area contributed by atoms with Crippen LogP contribution >= 0.6 is 11.8 Å². The summed E-state index contributed by atoms with van der Waals surface area (Å²) in [6.07, 6.45) is 1.92. The molecule has 0 amide bonds. The molecule has 0 bridgehead atoms. The van der Waals surface area contributed by atoms with E-state index < -0.39 is 16.0 Å². The zero-order valence-corrected chi connectivity index (χ0v) is 16.2. The molecule has 0 aliphatic rings. The first-order valence-electron chi connectivity index (χ1n) is 8.01. The number of hydrogen-bond acceptors (Lipinski definition) is 6. The molecule has 2 aromatic carbocycles. The first-order chi connectivity index (χ1) is 12.4. The summed E-state index contributed by atoms with van der Waals surface area (Å²) in [5.74, 6) is 0.697. The Labute approximate surface area is 157 Å². The Morgan fingerprint density at radius 2 is 1.88 bits per heavy atom. The standard InChI is InChI=1S/C18H21NO5S2/c1-3-4-10-25-15-11-13(18(20)23-2)12-16(26(19,21)22)17(15)24-14-8-6-5-7-9-14/h5-9,11-12H,3-4,10H2,1-2H3,(H2,19,21,22). The number of thioether (sulfide) groups is 1. The Morgan fingerprint density at radius 1 is 1.19 bits per heavy atom. The number of sulfonamides is 1. The van der Waals surface area contributed by atoms with Gasteiger partial charge in [-0.2, -0.15) is 0 Å². The van der Waals surface area contributed by atoms with Crippen LogP contribution in [0.5, 0.6) is 11.5 Å². The molecule has 0 unspecified atom stereocenters. The average molecular weight is 396 g/mol. The number of primary sulfonamides is 1. The number of unbranched alkanes of at least 4 members (excludes halogenated alkanes) is 1. The Bertz CT molecular complexity index is 867. The van der Waals surface area contributed by atoms with Crippen molar-refractivity contribution < 1.29 is 22.7 Å². The third-order valence-electron chi connectivity index (χ3n) is 3.47. The van der Waals surface area contributed by atoms with Crippen molar-refractivity contribution in [3.63, 3.8) is 0 Å². The second-order valence-electron chi connectivity index (χ2n) is 5.46. The molecule has 0 fully saturated rings. The molecule has 0 aromatic heterocycles. The molecule has 6 nitrogen and oxygen atoms in total. The highest BCUT2D eigenvalue weighted by Gasteiger charge is 2.24. The van der Waals surface area contributed by atoms with Crippen molar-refractivity contribution >= 4 is 27.8 Å². The van der Waals surface area contributed by atoms with E-state index in [0.717, 1.165) is 18.6 Å². The van der Waals surface area contributed by atoms with Crippen molar-refractivity contribution in [1.29, 1.82) is 0 Å². The maximum atomic E-state index is 12.1. The van der Waals surface area contributed by atoms with Gasteiger partial charge in [0.25, 0.3) is 0 Å². The van der Waals surface area contributed by atoms with Gasteiger partial charge in [0.05, 0.1) is 17.6 Å². The quantitative estimate of drug-likeness (QED) is 0.415. The van der Waals surface area contributed by atoms with E-state index in [1.807, 2.05) is 6.07 Å². The number of carbonyl (C=O) groups excluding carboxylic acids is 1. The van der Waals surface area contributed by atoms with Gasteiger partial charge in [-0.3, -0.25) is 0 Å². The largest absolute Gasteiger partial charge is 0.465 e. The molecular formula is C18H21NO5S2. The monoisotopic (exact) mass is 395 g/mol. The molecule has 2 N–H and O–H groups in total. The van der Waals surface area contributed by atoms with E-state index in [0.29, 0.717) is 10.6 Å². The minimum Gasteiger partial charge on any atom is -0.465 e. The topological polar surface area (TPSA) is 95.7 Å². The van der Waals surface area contributed by atoms with Crippen molar-refractivity contribution in [3.05, 3.63) is 48.0 Å². The number of carbonyl (C=O) groups is 1. The summed E-state index contributed by atoms with van der Waals surface area (Å²) in [5.41, 5.74) is 0.107. The molecule has 26 heavy (non-hydrogen) atoms. The van der Waals surface area contributed by atoms with Gasteiger partial charge in [-0.05, 0) is 36.4 Å². The van der Waals surface area contributed by atoms with Crippen LogP contribution in [-0.2, 0) is 14.8 Å². The van der Waals surface area contributed by atoms with E-state index in [9.17, 15) is 13.2 Å². The van der Waals surface area contributed by atoms with Crippen molar-refractivity contribution in [3.8, 4) is 11.5 Å². The summed E-state index contributed by atoms with van der Waals surface area (Å²) in [4.78, 5) is 12.2. The zero-order chi connectivity index (χ0) is 19.2. The molecule has 0 heterocycles. The van der Waals surface area contributed by atoms with Crippen LogP contribution in [-0.4, -0.2) is 27.2 Å². The van der Waals surface area contributed by atoms with Gasteiger partial charge in [-0.25, -0.2) is 18.4 Å². The van der Waals surface area contributed by atoms with E-state index in [1.54, 1.807) is 30.3 Å². The lowest BCUT2D eigenvalue weighted by Crippen LogP contribution is -2.15. The molecule has 0 atom stereocenters. The highest BCUT2D eigenvalue weighted by Crippen LogP contribution is 2.39. The van der Waals surface area contributed by atoms with Crippen molar-refractivity contribution in [1.82, 2.24) is 0 Å². The van der Waals surface area contributed by atoms with Gasteiger partial charge in [-0.1, -0.05) is 31.5 Å². The Balaban J connectivity index is 2.60. The second-order valence-corrected chi connectivity index (χ2v) is 8.12. The molecule has 2 aromatic rings. The summed E-state index contributed by atoms with van der Waals surface area (Å²) < 4.78 is 34.8. The third-order valence-corrected chi connectivity index (χ3v) is 5.49. The molecular weight excluding hydrogens is 374 g/mol. The van der Waals surface area contributed by atoms with Crippen LogP contribution in [0.25, 0.3) is 0 Å². The van der Waals surface area contributed by atoms with Gasteiger partial charge in [0, 0.05) is 0 Å². The second kappa shape index (κ2) is 9.07. The van der Waals surface area contributed by atoms with Gasteiger partial charge in [-0.15, -0.1) is 11.8 Å². The fraction of sp³-hybridized carbons (Fsp3) is 0.278. The third kappa shape index (κ3) is 5.23. The lowest BCUT2D eigenvalue weighted by molar-refractivity contribution is 0.0600. The highest BCUT2D eigenvalue weighted by molar-refractivity contribution is 7.99. The van der Waals surface area contributed by atoms with Gasteiger partial charge in [0.15, 0.2) is 5.75 Å². The van der Waals surface area contributed by atoms with E-state index in [4.69, 9.17) is 14.6 Å². The fourth-order valence-corrected chi connectivity index (χ4v) is 4.08. The predicted octanol–water partition coefficient (Wildman–Crippen LogP) is 3.81. The molecule has 0 radical (unpaired) electrons. The fourth-order valence-electron chi connectivity index (χ4n) is 2.16. The zero-order valence-electron chi connectivity index (χ0n) is 14.6. The van der Waals surface area contributed by atoms with Gasteiger partial charge >= 0.3 is 5.97 Å². The average Bonchev–Trinajstić information content (AvgIpc) is 2.62. The molecule has 0 aliphatic carbocycles. The normalized spacial score (nSPS) is 11.2. The van der Waals surface area contributed by atoms with Crippen LogP contribution in [0.1, 0.15) is 30.1 Å². The number of ether oxygens (including phenoxy) is 2. The van der Waals surface area contributed by atoms with Crippen molar-refractivity contribution in [2.45, 2.75) is 29.6 Å². The van der Waals surface area contributed by atoms with Crippen LogP contribution in [0.2, 0.25) is 0 Å². The molecule has 8 heteroatoms. The van der Waals surface area contributed by atoms with Gasteiger partial charge in [0.2, 0.25) is 10.0 Å². The van der Waals surface area contributed by atoms with Crippen LogP contribution in [0.3, 0.4) is 0 Å². The number of esters is 1. The number of nitrogens with two attached hydrogens (primary N) is 1. The van der Waals surface area contributed by atoms with Crippen molar-refractivity contribution in [2.75, 3.05) is 12.9 Å². The van der Waals surface area contributed by atoms with Crippen LogP contribution in [0.15, 0.2) is 52.3 Å². The summed E-state index contributed by atoms with van der Waals surface area (Å²) in [7, 11) is -2.88. The summed E-state index contributed by atoms with van der Waals surface area (Å²) in [5, 5.41) is 5.38. The minimum atomic E-state index is -4.12. The Morgan fingerprint density at radius 3 is 2.46 bits per heavy atom. The number of benzene rings is 2. The van der Waals surface area contributed by atoms with Crippen molar-refractivity contribution in [2.24, 2.45) is 5.14 Å². The number of hydrogen-bond donors (Lipinski definition) is 1. The number of methoxy groups -OCH3 is 1. The summed E-state index contributed by atoms with van der Waals surface area (Å²) in [6.45, 7) is 2.06. The van der Waals surface area contributed by atoms with E-state index in [1.165, 1.54) is 24.9 Å². The molecule has 2 rings (SSSR count). The molecule has 0 saturated carbocycles. The number of para-hydroxylation sites is 1. The van der Waals surface area contributed by atoms with E-state index in [-0.39, 0.29) is 16.2 Å². The lowest BCUT2D eigenvalue weighted by atomic mass is 10.2. The summed E-state index contributed by atoms with van der Waals surface area (Å²) >= 11 is 1.41. The first-order valence-corrected chi connectivity index (χ1v) is 10.5.